The summed E-state index contributed by atoms with van der Waals surface area (Å²) < 4.78 is 12.8. The zero-order valence-corrected chi connectivity index (χ0v) is 18.3. The maximum absolute atomic E-state index is 13.1. The number of nitrogens with zero attached hydrogens (tertiary/aromatic N) is 1. The molecule has 1 aliphatic heterocycles. The molecule has 34 heavy (non-hydrogen) atoms. The molecular weight excluding hydrogens is 447 g/mol. The number of ketones is 1. The summed E-state index contributed by atoms with van der Waals surface area (Å²) in [5.74, 6) is -4.61. The third-order valence-electron chi connectivity index (χ3n) is 5.69. The minimum atomic E-state index is -1.52. The van der Waals surface area contributed by atoms with Gasteiger partial charge < -0.3 is 20.4 Å². The van der Waals surface area contributed by atoms with Crippen LogP contribution >= 0.6 is 0 Å². The van der Waals surface area contributed by atoms with Crippen LogP contribution in [0.15, 0.2) is 42.5 Å². The molecule has 9 nitrogen and oxygen atoms in total. The van der Waals surface area contributed by atoms with Gasteiger partial charge in [0, 0.05) is 12.1 Å². The second-order valence-corrected chi connectivity index (χ2v) is 7.87. The van der Waals surface area contributed by atoms with Gasteiger partial charge in [0.15, 0.2) is 5.78 Å². The minimum absolute atomic E-state index is 0.136. The number of hydrogen-bond acceptors (Lipinski definition) is 5. The van der Waals surface area contributed by atoms with Crippen LogP contribution in [0.4, 0.5) is 4.39 Å². The first kappa shape index (κ1) is 24.6. The zero-order valence-electron chi connectivity index (χ0n) is 18.3. The molecule has 3 N–H and O–H groups in total. The van der Waals surface area contributed by atoms with Gasteiger partial charge in [0.05, 0.1) is 12.0 Å². The van der Waals surface area contributed by atoms with Gasteiger partial charge in [-0.05, 0) is 41.3 Å². The average Bonchev–Trinajstić information content (AvgIpc) is 3.13. The number of nitrogens with one attached hydrogen (secondary N) is 1. The van der Waals surface area contributed by atoms with Crippen molar-refractivity contribution in [3.63, 3.8) is 0 Å². The zero-order chi connectivity index (χ0) is 25.0. The molecule has 10 heteroatoms. The number of rotatable bonds is 10. The number of aromatic carboxylic acids is 1. The molecule has 1 heterocycles. The van der Waals surface area contributed by atoms with Gasteiger partial charge in [-0.25, -0.2) is 9.18 Å². The molecule has 3 rings (SSSR count). The molecule has 1 aliphatic rings. The molecule has 0 saturated carbocycles. The van der Waals surface area contributed by atoms with Gasteiger partial charge in [-0.15, -0.1) is 0 Å². The van der Waals surface area contributed by atoms with Crippen molar-refractivity contribution in [2.75, 3.05) is 6.67 Å². The Morgan fingerprint density at radius 3 is 2.26 bits per heavy atom. The first-order valence-electron chi connectivity index (χ1n) is 10.5. The Balaban J connectivity index is 1.80. The Morgan fingerprint density at radius 1 is 1.06 bits per heavy atom. The number of amides is 2. The molecule has 2 amide bonds. The highest BCUT2D eigenvalue weighted by Gasteiger charge is 2.37. The molecule has 0 radical (unpaired) electrons. The summed E-state index contributed by atoms with van der Waals surface area (Å²) in [6.45, 7) is 0.386. The summed E-state index contributed by atoms with van der Waals surface area (Å²) in [5.41, 5.74) is 2.61. The quantitative estimate of drug-likeness (QED) is 0.484. The van der Waals surface area contributed by atoms with Crippen molar-refractivity contribution in [3.8, 4) is 11.1 Å². The van der Waals surface area contributed by atoms with E-state index >= 15 is 0 Å². The molecule has 0 aliphatic carbocycles. The Bertz CT molecular complexity index is 1150. The second-order valence-electron chi connectivity index (χ2n) is 7.87. The first-order chi connectivity index (χ1) is 16.2. The summed E-state index contributed by atoms with van der Waals surface area (Å²) in [4.78, 5) is 61.0. The summed E-state index contributed by atoms with van der Waals surface area (Å²) >= 11 is 0. The lowest BCUT2D eigenvalue weighted by Crippen LogP contribution is -2.52. The molecule has 0 fully saturated rings. The summed E-state index contributed by atoms with van der Waals surface area (Å²) in [7, 11) is 0. The summed E-state index contributed by atoms with van der Waals surface area (Å²) in [6, 6.07) is 8.88. The fourth-order valence-corrected chi connectivity index (χ4v) is 3.89. The van der Waals surface area contributed by atoms with E-state index in [0.29, 0.717) is 22.3 Å². The number of hydrogen-bond donors (Lipinski definition) is 3. The number of aliphatic carboxylic acids is 1. The van der Waals surface area contributed by atoms with Crippen LogP contribution in [0.2, 0.25) is 0 Å². The molecule has 2 aromatic rings. The lowest BCUT2D eigenvalue weighted by Gasteiger charge is -2.27. The molecule has 178 valence electrons. The maximum Gasteiger partial charge on any atom is 0.335 e. The lowest BCUT2D eigenvalue weighted by atomic mass is 9.99. The van der Waals surface area contributed by atoms with E-state index in [-0.39, 0.29) is 18.5 Å². The Kier molecular flexibility index (Phi) is 7.40. The normalized spacial score (nSPS) is 14.3. The fraction of sp³-hybridized carbons (Fsp3) is 0.292. The van der Waals surface area contributed by atoms with E-state index in [0.717, 1.165) is 0 Å². The minimum Gasteiger partial charge on any atom is -0.481 e. The number of carbonyl (C=O) groups is 5. The van der Waals surface area contributed by atoms with Crippen LogP contribution in [0.1, 0.15) is 46.0 Å². The topological polar surface area (TPSA) is 141 Å². The summed E-state index contributed by atoms with van der Waals surface area (Å²) in [6.07, 6.45) is -0.568. The van der Waals surface area contributed by atoms with E-state index in [4.69, 9.17) is 10.2 Å². The highest BCUT2D eigenvalue weighted by Crippen LogP contribution is 2.30. The smallest absolute Gasteiger partial charge is 0.335 e. The second kappa shape index (κ2) is 10.2. The van der Waals surface area contributed by atoms with Crippen molar-refractivity contribution in [2.45, 2.75) is 38.4 Å². The SMILES string of the molecule is CCC(C(=O)NC(CC(=O)O)C(=O)CF)N1Cc2ccc(-c3ccc(C(=O)O)cc3)cc2C1=O. The predicted molar refractivity (Wildman–Crippen MR) is 118 cm³/mol. The lowest BCUT2D eigenvalue weighted by molar-refractivity contribution is -0.140. The van der Waals surface area contributed by atoms with Crippen molar-refractivity contribution >= 4 is 29.5 Å². The number of alkyl halides is 1. The van der Waals surface area contributed by atoms with Crippen molar-refractivity contribution < 1.29 is 38.6 Å². The molecule has 0 aromatic heterocycles. The van der Waals surface area contributed by atoms with Gasteiger partial charge in [-0.3, -0.25) is 19.2 Å². The van der Waals surface area contributed by atoms with E-state index in [9.17, 15) is 28.4 Å². The number of carboxylic acids is 2. The van der Waals surface area contributed by atoms with Crippen LogP contribution < -0.4 is 5.32 Å². The first-order valence-corrected chi connectivity index (χ1v) is 10.5. The van der Waals surface area contributed by atoms with Crippen LogP contribution in [0.5, 0.6) is 0 Å². The van der Waals surface area contributed by atoms with Crippen LogP contribution in [0, 0.1) is 0 Å². The third-order valence-corrected chi connectivity index (χ3v) is 5.69. The van der Waals surface area contributed by atoms with Crippen molar-refractivity contribution in [1.82, 2.24) is 10.2 Å². The third kappa shape index (κ3) is 5.11. The van der Waals surface area contributed by atoms with Crippen molar-refractivity contribution in [2.24, 2.45) is 0 Å². The number of fused-ring (bicyclic) bond motifs is 1. The molecule has 2 atom stereocenters. The van der Waals surface area contributed by atoms with Crippen molar-refractivity contribution in [3.05, 3.63) is 59.2 Å². The van der Waals surface area contributed by atoms with E-state index < -0.39 is 54.7 Å². The van der Waals surface area contributed by atoms with E-state index in [1.807, 2.05) is 0 Å². The van der Waals surface area contributed by atoms with Crippen LogP contribution in [-0.2, 0) is 20.9 Å². The fourth-order valence-electron chi connectivity index (χ4n) is 3.89. The number of halogens is 1. The number of carboxylic acid groups (broad SMARTS) is 2. The van der Waals surface area contributed by atoms with Crippen molar-refractivity contribution in [1.29, 1.82) is 0 Å². The molecule has 0 bridgehead atoms. The van der Waals surface area contributed by atoms with Gasteiger partial charge in [0.1, 0.15) is 18.8 Å². The van der Waals surface area contributed by atoms with E-state index in [1.54, 1.807) is 37.3 Å². The monoisotopic (exact) mass is 470 g/mol. The standard InChI is InChI=1S/C24H23FN2O7/c1-2-19(22(31)26-18(10-21(29)30)20(28)11-25)27-12-16-8-7-15(9-17(16)23(27)32)13-3-5-14(6-4-13)24(33)34/h3-9,18-19H,2,10-12H2,1H3,(H,26,31)(H,29,30)(H,33,34). The predicted octanol–water partition coefficient (Wildman–Crippen LogP) is 2.28. The largest absolute Gasteiger partial charge is 0.481 e. The maximum atomic E-state index is 13.1. The van der Waals surface area contributed by atoms with Gasteiger partial charge in [0.2, 0.25) is 5.91 Å². The number of carbonyl (C=O) groups excluding carboxylic acids is 3. The highest BCUT2D eigenvalue weighted by molar-refractivity contribution is 6.03. The molecule has 2 unspecified atom stereocenters. The number of benzene rings is 2. The van der Waals surface area contributed by atoms with Crippen LogP contribution in [0.3, 0.4) is 0 Å². The molecule has 0 spiro atoms. The Morgan fingerprint density at radius 2 is 1.71 bits per heavy atom. The van der Waals surface area contributed by atoms with Crippen LogP contribution in [0.25, 0.3) is 11.1 Å². The van der Waals surface area contributed by atoms with Gasteiger partial charge in [-0.1, -0.05) is 31.2 Å². The Labute approximate surface area is 194 Å². The number of Topliss-reactive ketones (excluding diaryl/α,β-unsaturated/α-hetero) is 1. The highest BCUT2D eigenvalue weighted by atomic mass is 19.1. The summed E-state index contributed by atoms with van der Waals surface area (Å²) in [5, 5.41) is 20.3. The van der Waals surface area contributed by atoms with E-state index in [2.05, 4.69) is 5.32 Å². The van der Waals surface area contributed by atoms with Gasteiger partial charge >= 0.3 is 11.9 Å². The molecular formula is C24H23FN2O7. The van der Waals surface area contributed by atoms with Gasteiger partial charge in [-0.2, -0.15) is 0 Å². The molecule has 2 aromatic carbocycles. The van der Waals surface area contributed by atoms with E-state index in [1.165, 1.54) is 17.0 Å². The Hall–Kier alpha value is -4.08. The van der Waals surface area contributed by atoms with Gasteiger partial charge in [0.25, 0.3) is 5.91 Å². The average molecular weight is 470 g/mol. The van der Waals surface area contributed by atoms with Crippen LogP contribution in [-0.4, -0.2) is 63.4 Å². The molecule has 0 saturated heterocycles.